The van der Waals surface area contributed by atoms with Gasteiger partial charge in [0.05, 0.1) is 12.7 Å². The summed E-state index contributed by atoms with van der Waals surface area (Å²) in [5.41, 5.74) is 0.366. The second kappa shape index (κ2) is 8.71. The molecular weight excluding hydrogens is 286 g/mol. The molecule has 0 aliphatic rings. The van der Waals surface area contributed by atoms with Gasteiger partial charge in [-0.3, -0.25) is 9.59 Å². The Labute approximate surface area is 129 Å². The SMILES string of the molecule is C=CCOc1cc(OC)ccc1C(=O)NC(C)CCC(=O)O. The summed E-state index contributed by atoms with van der Waals surface area (Å²) in [6, 6.07) is 4.65. The van der Waals surface area contributed by atoms with Crippen molar-refractivity contribution in [3.05, 3.63) is 36.4 Å². The van der Waals surface area contributed by atoms with E-state index in [0.717, 1.165) is 0 Å². The van der Waals surface area contributed by atoms with Crippen LogP contribution < -0.4 is 14.8 Å². The number of carboxylic acids is 1. The lowest BCUT2D eigenvalue weighted by Crippen LogP contribution is -2.33. The van der Waals surface area contributed by atoms with Crippen LogP contribution in [0.4, 0.5) is 0 Å². The molecule has 0 radical (unpaired) electrons. The Balaban J connectivity index is 2.82. The van der Waals surface area contributed by atoms with Crippen LogP contribution in [0.5, 0.6) is 11.5 Å². The molecule has 1 aromatic rings. The van der Waals surface area contributed by atoms with E-state index in [1.807, 2.05) is 0 Å². The Hall–Kier alpha value is -2.50. The highest BCUT2D eigenvalue weighted by atomic mass is 16.5. The first-order valence-electron chi connectivity index (χ1n) is 6.92. The van der Waals surface area contributed by atoms with Gasteiger partial charge in [0, 0.05) is 18.5 Å². The van der Waals surface area contributed by atoms with Crippen molar-refractivity contribution in [2.75, 3.05) is 13.7 Å². The predicted molar refractivity (Wildman–Crippen MR) is 82.5 cm³/mol. The number of benzene rings is 1. The van der Waals surface area contributed by atoms with Gasteiger partial charge >= 0.3 is 5.97 Å². The third-order valence-electron chi connectivity index (χ3n) is 2.96. The fourth-order valence-electron chi connectivity index (χ4n) is 1.80. The molecule has 6 heteroatoms. The molecule has 0 aliphatic heterocycles. The van der Waals surface area contributed by atoms with Crippen molar-refractivity contribution in [3.63, 3.8) is 0 Å². The Morgan fingerprint density at radius 3 is 2.77 bits per heavy atom. The molecule has 2 N–H and O–H groups in total. The first kappa shape index (κ1) is 17.6. The minimum absolute atomic E-state index is 0.00385. The molecule has 0 saturated carbocycles. The summed E-state index contributed by atoms with van der Waals surface area (Å²) in [5.74, 6) is -0.239. The van der Waals surface area contributed by atoms with Crippen LogP contribution in [0.1, 0.15) is 30.1 Å². The molecule has 1 unspecified atom stereocenters. The van der Waals surface area contributed by atoms with E-state index >= 15 is 0 Å². The van der Waals surface area contributed by atoms with E-state index in [1.54, 1.807) is 31.2 Å². The average molecular weight is 307 g/mol. The van der Waals surface area contributed by atoms with E-state index in [2.05, 4.69) is 11.9 Å². The molecule has 120 valence electrons. The maximum absolute atomic E-state index is 12.3. The minimum Gasteiger partial charge on any atom is -0.497 e. The number of ether oxygens (including phenoxy) is 2. The zero-order valence-electron chi connectivity index (χ0n) is 12.8. The molecule has 0 aromatic heterocycles. The molecule has 1 atom stereocenters. The maximum Gasteiger partial charge on any atom is 0.303 e. The van der Waals surface area contributed by atoms with Crippen molar-refractivity contribution in [3.8, 4) is 11.5 Å². The van der Waals surface area contributed by atoms with Gasteiger partial charge in [-0.05, 0) is 25.5 Å². The number of carbonyl (C=O) groups excluding carboxylic acids is 1. The van der Waals surface area contributed by atoms with Crippen molar-refractivity contribution < 1.29 is 24.2 Å². The number of hydrogen-bond acceptors (Lipinski definition) is 4. The van der Waals surface area contributed by atoms with Crippen molar-refractivity contribution >= 4 is 11.9 Å². The van der Waals surface area contributed by atoms with Gasteiger partial charge in [-0.2, -0.15) is 0 Å². The van der Waals surface area contributed by atoms with Crippen LogP contribution in [0.2, 0.25) is 0 Å². The summed E-state index contributed by atoms with van der Waals surface area (Å²) in [5, 5.41) is 11.4. The molecule has 22 heavy (non-hydrogen) atoms. The van der Waals surface area contributed by atoms with Gasteiger partial charge in [0.15, 0.2) is 0 Å². The van der Waals surface area contributed by atoms with E-state index in [9.17, 15) is 9.59 Å². The molecule has 1 amide bonds. The Morgan fingerprint density at radius 2 is 2.18 bits per heavy atom. The quantitative estimate of drug-likeness (QED) is 0.683. The standard InChI is InChI=1S/C16H21NO5/c1-4-9-22-14-10-12(21-3)6-7-13(14)16(20)17-11(2)5-8-15(18)19/h4,6-7,10-11H,1,5,8-9H2,2-3H3,(H,17,20)(H,18,19). The maximum atomic E-state index is 12.3. The molecule has 0 aliphatic carbocycles. The summed E-state index contributed by atoms with van der Waals surface area (Å²) in [7, 11) is 1.53. The van der Waals surface area contributed by atoms with Gasteiger partial charge < -0.3 is 19.9 Å². The highest BCUT2D eigenvalue weighted by Gasteiger charge is 2.16. The normalized spacial score (nSPS) is 11.4. The van der Waals surface area contributed by atoms with Crippen molar-refractivity contribution in [2.24, 2.45) is 0 Å². The molecule has 6 nitrogen and oxygen atoms in total. The number of rotatable bonds is 9. The molecule has 0 spiro atoms. The number of methoxy groups -OCH3 is 1. The van der Waals surface area contributed by atoms with Crippen molar-refractivity contribution in [1.29, 1.82) is 0 Å². The molecule has 1 aromatic carbocycles. The van der Waals surface area contributed by atoms with Crippen molar-refractivity contribution in [1.82, 2.24) is 5.32 Å². The zero-order valence-corrected chi connectivity index (χ0v) is 12.8. The first-order chi connectivity index (χ1) is 10.5. The number of carboxylic acid groups (broad SMARTS) is 1. The zero-order chi connectivity index (χ0) is 16.5. The lowest BCUT2D eigenvalue weighted by atomic mass is 10.1. The third-order valence-corrected chi connectivity index (χ3v) is 2.96. The van der Waals surface area contributed by atoms with E-state index in [0.29, 0.717) is 23.5 Å². The average Bonchev–Trinajstić information content (AvgIpc) is 2.50. The molecule has 0 heterocycles. The highest BCUT2D eigenvalue weighted by molar-refractivity contribution is 5.97. The summed E-state index contributed by atoms with van der Waals surface area (Å²) >= 11 is 0. The van der Waals surface area contributed by atoms with Crippen LogP contribution in [0.3, 0.4) is 0 Å². The lowest BCUT2D eigenvalue weighted by molar-refractivity contribution is -0.137. The molecular formula is C16H21NO5. The molecule has 0 bridgehead atoms. The second-order valence-electron chi connectivity index (χ2n) is 4.77. The van der Waals surface area contributed by atoms with E-state index in [4.69, 9.17) is 14.6 Å². The summed E-state index contributed by atoms with van der Waals surface area (Å²) < 4.78 is 10.6. The minimum atomic E-state index is -0.888. The number of amides is 1. The number of nitrogens with one attached hydrogen (secondary N) is 1. The van der Waals surface area contributed by atoms with Gasteiger partial charge in [-0.25, -0.2) is 0 Å². The fourth-order valence-corrected chi connectivity index (χ4v) is 1.80. The third kappa shape index (κ3) is 5.47. The van der Waals surface area contributed by atoms with E-state index in [-0.39, 0.29) is 25.0 Å². The summed E-state index contributed by atoms with van der Waals surface area (Å²) in [6.07, 6.45) is 1.95. The van der Waals surface area contributed by atoms with Gasteiger partial charge in [0.2, 0.25) is 0 Å². The fraction of sp³-hybridized carbons (Fsp3) is 0.375. The number of carbonyl (C=O) groups is 2. The second-order valence-corrected chi connectivity index (χ2v) is 4.77. The molecule has 0 saturated heterocycles. The summed E-state index contributed by atoms with van der Waals surface area (Å²) in [4.78, 5) is 22.8. The van der Waals surface area contributed by atoms with Crippen LogP contribution in [-0.2, 0) is 4.79 Å². The smallest absolute Gasteiger partial charge is 0.303 e. The lowest BCUT2D eigenvalue weighted by Gasteiger charge is -2.15. The van der Waals surface area contributed by atoms with Crippen LogP contribution in [0, 0.1) is 0 Å². The molecule has 0 fully saturated rings. The Kier molecular flexibility index (Phi) is 6.95. The van der Waals surface area contributed by atoms with Gasteiger partial charge in [0.1, 0.15) is 18.1 Å². The van der Waals surface area contributed by atoms with Gasteiger partial charge in [0.25, 0.3) is 5.91 Å². The van der Waals surface area contributed by atoms with Crippen molar-refractivity contribution in [2.45, 2.75) is 25.8 Å². The van der Waals surface area contributed by atoms with Crippen LogP contribution >= 0.6 is 0 Å². The molecule has 1 rings (SSSR count). The number of hydrogen-bond donors (Lipinski definition) is 2. The summed E-state index contributed by atoms with van der Waals surface area (Å²) in [6.45, 7) is 5.59. The van der Waals surface area contributed by atoms with E-state index < -0.39 is 5.97 Å². The topological polar surface area (TPSA) is 84.9 Å². The Morgan fingerprint density at radius 1 is 1.45 bits per heavy atom. The number of aliphatic carboxylic acids is 1. The van der Waals surface area contributed by atoms with Crippen LogP contribution in [0.25, 0.3) is 0 Å². The largest absolute Gasteiger partial charge is 0.497 e. The Bertz CT molecular complexity index is 541. The van der Waals surface area contributed by atoms with Gasteiger partial charge in [-0.15, -0.1) is 0 Å². The monoisotopic (exact) mass is 307 g/mol. The first-order valence-corrected chi connectivity index (χ1v) is 6.92. The van der Waals surface area contributed by atoms with Crippen LogP contribution in [-0.4, -0.2) is 36.7 Å². The highest BCUT2D eigenvalue weighted by Crippen LogP contribution is 2.25. The van der Waals surface area contributed by atoms with Gasteiger partial charge in [-0.1, -0.05) is 12.7 Å². The van der Waals surface area contributed by atoms with E-state index in [1.165, 1.54) is 7.11 Å². The predicted octanol–water partition coefficient (Wildman–Crippen LogP) is 2.24. The van der Waals surface area contributed by atoms with Crippen LogP contribution in [0.15, 0.2) is 30.9 Å².